The number of rotatable bonds is 2. The first kappa shape index (κ1) is 6.61. The summed E-state index contributed by atoms with van der Waals surface area (Å²) in [7, 11) is 1.92. The summed E-state index contributed by atoms with van der Waals surface area (Å²) in [5.74, 6) is 0. The Hall–Kier alpha value is 0.610. The molecule has 1 N–H and O–H groups in total. The minimum absolute atomic E-state index is 0.535. The van der Waals surface area contributed by atoms with E-state index < -0.39 is 6.85 Å². The van der Waals surface area contributed by atoms with E-state index in [1.807, 2.05) is 7.05 Å². The van der Waals surface area contributed by atoms with Crippen molar-refractivity contribution in [3.05, 3.63) is 0 Å². The van der Waals surface area contributed by atoms with E-state index in [-0.39, 0.29) is 0 Å². The van der Waals surface area contributed by atoms with E-state index >= 15 is 0 Å². The third kappa shape index (κ3) is 2.83. The summed E-state index contributed by atoms with van der Waals surface area (Å²) in [5.41, 5.74) is 0. The zero-order chi connectivity index (χ0) is 4.99. The zero-order valence-electron chi connectivity index (χ0n) is 4.12. The molecule has 0 bridgehead atoms. The van der Waals surface area contributed by atoms with Gasteiger partial charge in [0, 0.05) is 0 Å². The Bertz CT molecular complexity index is 48.8. The van der Waals surface area contributed by atoms with Crippen molar-refractivity contribution in [1.29, 1.82) is 0 Å². The predicted molar refractivity (Wildman–Crippen MR) is 35.3 cm³/mol. The van der Waals surface area contributed by atoms with Gasteiger partial charge in [0.05, 0.1) is 0 Å². The molecule has 0 rings (SSSR count). The van der Waals surface area contributed by atoms with Gasteiger partial charge in [-0.1, -0.05) is 18.7 Å². The molecule has 0 aliphatic rings. The molecule has 38 valence electrons. The van der Waals surface area contributed by atoms with Gasteiger partial charge in [0.1, 0.15) is 0 Å². The summed E-state index contributed by atoms with van der Waals surface area (Å²) in [6, 6.07) is 0. The molecule has 0 aromatic rings. The fourth-order valence-corrected chi connectivity index (χ4v) is 0.530. The maximum absolute atomic E-state index is 4.93. The zero-order valence-corrected chi connectivity index (χ0v) is 5.93. The number of hydrogen-bond acceptors (Lipinski definition) is 1. The van der Waals surface area contributed by atoms with Crippen LogP contribution in [0.2, 0.25) is 0 Å². The fourth-order valence-electron chi connectivity index (χ4n) is 0.177. The average molecular weight is 123 g/mol. The van der Waals surface area contributed by atoms with Crippen molar-refractivity contribution < 1.29 is 0 Å². The Morgan fingerprint density at radius 3 is 2.33 bits per heavy atom. The van der Waals surface area contributed by atoms with E-state index in [0.29, 0.717) is 0 Å². The van der Waals surface area contributed by atoms with Crippen molar-refractivity contribution in [3.8, 4) is 0 Å². The molecule has 1 nitrogen and oxygen atoms in total. The highest BCUT2D eigenvalue weighted by Gasteiger charge is 1.76. The van der Waals surface area contributed by atoms with Crippen molar-refractivity contribution in [1.82, 2.24) is 5.09 Å². The molecular weight excluding hydrogens is 113 g/mol. The predicted octanol–water partition coefficient (Wildman–Crippen LogP) is 0.817. The molecular formula is C3H10NPS. The Balaban J connectivity index is 2.99. The minimum atomic E-state index is -0.535. The standard InChI is InChI=1S/C3H10NPS/c1-3-5(6)4-2/h5H,3H2,1-2H3,(H,4,6). The highest BCUT2D eigenvalue weighted by Crippen LogP contribution is 2.09. The number of nitrogens with one attached hydrogen (secondary N) is 1. The van der Waals surface area contributed by atoms with Crippen molar-refractivity contribution in [2.45, 2.75) is 6.92 Å². The molecule has 0 aliphatic carbocycles. The molecule has 0 saturated heterocycles. The Morgan fingerprint density at radius 1 is 1.83 bits per heavy atom. The Labute approximate surface area is 44.6 Å². The lowest BCUT2D eigenvalue weighted by Crippen LogP contribution is -1.90. The number of hydrogen-bond donors (Lipinski definition) is 1. The van der Waals surface area contributed by atoms with Crippen molar-refractivity contribution in [2.24, 2.45) is 0 Å². The van der Waals surface area contributed by atoms with E-state index in [4.69, 9.17) is 11.8 Å². The van der Waals surface area contributed by atoms with Crippen LogP contribution in [0.15, 0.2) is 0 Å². The second-order valence-corrected chi connectivity index (χ2v) is 4.56. The Kier molecular flexibility index (Phi) is 4.17. The van der Waals surface area contributed by atoms with Gasteiger partial charge >= 0.3 is 0 Å². The van der Waals surface area contributed by atoms with Gasteiger partial charge in [-0.05, 0) is 20.1 Å². The lowest BCUT2D eigenvalue weighted by molar-refractivity contribution is 1.26. The molecule has 0 radical (unpaired) electrons. The van der Waals surface area contributed by atoms with Gasteiger partial charge < -0.3 is 0 Å². The van der Waals surface area contributed by atoms with E-state index in [0.717, 1.165) is 6.16 Å². The van der Waals surface area contributed by atoms with Crippen LogP contribution in [0.1, 0.15) is 6.92 Å². The third-order valence-electron chi connectivity index (χ3n) is 0.600. The average Bonchev–Trinajstić information content (AvgIpc) is 1.65. The van der Waals surface area contributed by atoms with Crippen molar-refractivity contribution in [2.75, 3.05) is 13.2 Å². The van der Waals surface area contributed by atoms with Crippen LogP contribution in [0.4, 0.5) is 0 Å². The summed E-state index contributed by atoms with van der Waals surface area (Å²) in [6.07, 6.45) is 1.14. The van der Waals surface area contributed by atoms with Gasteiger partial charge in [0.25, 0.3) is 0 Å². The highest BCUT2D eigenvalue weighted by molar-refractivity contribution is 8.04. The Morgan fingerprint density at radius 2 is 2.33 bits per heavy atom. The van der Waals surface area contributed by atoms with E-state index in [9.17, 15) is 0 Å². The highest BCUT2D eigenvalue weighted by atomic mass is 32.4. The lowest BCUT2D eigenvalue weighted by Gasteiger charge is -1.92. The van der Waals surface area contributed by atoms with E-state index in [2.05, 4.69) is 12.0 Å². The van der Waals surface area contributed by atoms with E-state index in [1.54, 1.807) is 0 Å². The van der Waals surface area contributed by atoms with Crippen molar-refractivity contribution >= 4 is 18.7 Å². The van der Waals surface area contributed by atoms with Crippen LogP contribution in [-0.4, -0.2) is 13.2 Å². The first-order chi connectivity index (χ1) is 2.81. The minimum Gasteiger partial charge on any atom is -0.294 e. The molecule has 0 spiro atoms. The van der Waals surface area contributed by atoms with Crippen molar-refractivity contribution in [3.63, 3.8) is 0 Å². The molecule has 0 saturated carbocycles. The van der Waals surface area contributed by atoms with Gasteiger partial charge in [0.15, 0.2) is 0 Å². The van der Waals surface area contributed by atoms with Gasteiger partial charge in [-0.3, -0.25) is 5.09 Å². The summed E-state index contributed by atoms with van der Waals surface area (Å²) in [5, 5.41) is 3.03. The molecule has 0 amide bonds. The summed E-state index contributed by atoms with van der Waals surface area (Å²) < 4.78 is 0. The molecule has 3 heteroatoms. The topological polar surface area (TPSA) is 12.0 Å². The summed E-state index contributed by atoms with van der Waals surface area (Å²) >= 11 is 4.93. The largest absolute Gasteiger partial charge is 0.294 e. The van der Waals surface area contributed by atoms with Gasteiger partial charge in [-0.2, -0.15) is 0 Å². The third-order valence-corrected chi connectivity index (χ3v) is 3.28. The molecule has 1 unspecified atom stereocenters. The SMILES string of the molecule is CC[PH](=S)NC. The lowest BCUT2D eigenvalue weighted by atomic mass is 11.0. The first-order valence-electron chi connectivity index (χ1n) is 2.01. The smallest absolute Gasteiger partial charge is 0.000392 e. The van der Waals surface area contributed by atoms with Gasteiger partial charge in [-0.25, -0.2) is 0 Å². The fraction of sp³-hybridized carbons (Fsp3) is 1.00. The molecule has 0 fully saturated rings. The van der Waals surface area contributed by atoms with Crippen LogP contribution in [0, 0.1) is 0 Å². The van der Waals surface area contributed by atoms with Crippen LogP contribution in [-0.2, 0) is 11.8 Å². The summed E-state index contributed by atoms with van der Waals surface area (Å²) in [6.45, 7) is 1.57. The van der Waals surface area contributed by atoms with Crippen LogP contribution < -0.4 is 5.09 Å². The molecule has 0 aliphatic heterocycles. The second-order valence-electron chi connectivity index (χ2n) is 1.03. The van der Waals surface area contributed by atoms with Gasteiger partial charge in [-0.15, -0.1) is 0 Å². The quantitative estimate of drug-likeness (QED) is 0.545. The van der Waals surface area contributed by atoms with E-state index in [1.165, 1.54) is 0 Å². The second kappa shape index (κ2) is 3.79. The van der Waals surface area contributed by atoms with Gasteiger partial charge in [0.2, 0.25) is 0 Å². The van der Waals surface area contributed by atoms with Crippen LogP contribution in [0.3, 0.4) is 0 Å². The molecule has 0 heterocycles. The van der Waals surface area contributed by atoms with Crippen LogP contribution >= 0.6 is 6.85 Å². The first-order valence-corrected chi connectivity index (χ1v) is 4.85. The molecule has 1 atom stereocenters. The maximum atomic E-state index is 4.93. The maximum Gasteiger partial charge on any atom is -0.000392 e. The molecule has 0 aromatic carbocycles. The van der Waals surface area contributed by atoms with Crippen LogP contribution in [0.25, 0.3) is 0 Å². The normalized spacial score (nSPS) is 14.3. The molecule has 0 aromatic heterocycles. The monoisotopic (exact) mass is 123 g/mol. The summed E-state index contributed by atoms with van der Waals surface area (Å²) in [4.78, 5) is 0. The van der Waals surface area contributed by atoms with Crippen LogP contribution in [0.5, 0.6) is 0 Å². The molecule has 6 heavy (non-hydrogen) atoms.